The molecule has 2 aromatic carbocycles. The molecule has 0 spiro atoms. The number of fused-ring (bicyclic) bond motifs is 3. The molecule has 0 heterocycles. The Balaban J connectivity index is 2.32. The van der Waals surface area contributed by atoms with E-state index in [1.54, 1.807) is 0 Å². The van der Waals surface area contributed by atoms with Crippen molar-refractivity contribution in [3.05, 3.63) is 57.6 Å². The third-order valence-corrected chi connectivity index (χ3v) is 4.26. The standard InChI is InChI=1S/C17H15ClO2/c1-9-6-10(2)16-12(8-15(19)20)11-4-3-5-14(18)17(11)13(16)7-9/h3-7,12H,8H2,1-2H3,(H,19,20). The molecule has 0 bridgehead atoms. The highest BCUT2D eigenvalue weighted by Gasteiger charge is 2.33. The van der Waals surface area contributed by atoms with Gasteiger partial charge in [0.15, 0.2) is 0 Å². The van der Waals surface area contributed by atoms with Gasteiger partial charge in [0.05, 0.1) is 6.42 Å². The molecule has 0 saturated heterocycles. The molecule has 2 aromatic rings. The second-order valence-corrected chi connectivity index (χ2v) is 5.80. The first kappa shape index (κ1) is 13.2. The van der Waals surface area contributed by atoms with Crippen LogP contribution in [-0.4, -0.2) is 11.1 Å². The minimum atomic E-state index is -0.784. The van der Waals surface area contributed by atoms with Gasteiger partial charge in [-0.3, -0.25) is 4.79 Å². The molecule has 1 aliphatic carbocycles. The molecule has 0 aromatic heterocycles. The minimum Gasteiger partial charge on any atom is -0.481 e. The van der Waals surface area contributed by atoms with E-state index in [1.165, 1.54) is 5.56 Å². The molecule has 102 valence electrons. The fourth-order valence-corrected chi connectivity index (χ4v) is 3.59. The lowest BCUT2D eigenvalue weighted by atomic mass is 9.90. The van der Waals surface area contributed by atoms with Gasteiger partial charge in [-0.1, -0.05) is 41.4 Å². The summed E-state index contributed by atoms with van der Waals surface area (Å²) in [6.07, 6.45) is 0.101. The van der Waals surface area contributed by atoms with Crippen LogP contribution in [0.25, 0.3) is 11.1 Å². The van der Waals surface area contributed by atoms with E-state index in [0.29, 0.717) is 5.02 Å². The zero-order valence-corrected chi connectivity index (χ0v) is 12.2. The van der Waals surface area contributed by atoms with Crippen molar-refractivity contribution < 1.29 is 9.90 Å². The average Bonchev–Trinajstić information content (AvgIpc) is 2.64. The molecule has 20 heavy (non-hydrogen) atoms. The summed E-state index contributed by atoms with van der Waals surface area (Å²) in [7, 11) is 0. The first-order valence-corrected chi connectivity index (χ1v) is 6.98. The lowest BCUT2D eigenvalue weighted by molar-refractivity contribution is -0.137. The van der Waals surface area contributed by atoms with E-state index in [9.17, 15) is 9.90 Å². The molecule has 1 atom stereocenters. The van der Waals surface area contributed by atoms with Gasteiger partial charge in [0.25, 0.3) is 0 Å². The molecule has 0 amide bonds. The van der Waals surface area contributed by atoms with Gasteiger partial charge in [0, 0.05) is 16.5 Å². The predicted octanol–water partition coefficient (Wildman–Crippen LogP) is 4.54. The zero-order chi connectivity index (χ0) is 14.4. The molecule has 3 heteroatoms. The normalized spacial score (nSPS) is 15.8. The summed E-state index contributed by atoms with van der Waals surface area (Å²) in [5.74, 6) is -0.884. The first-order chi connectivity index (χ1) is 9.49. The molecule has 1 aliphatic rings. The number of carboxylic acids is 1. The summed E-state index contributed by atoms with van der Waals surface area (Å²) in [6.45, 7) is 4.09. The quantitative estimate of drug-likeness (QED) is 0.880. The number of carboxylic acid groups (broad SMARTS) is 1. The second kappa shape index (κ2) is 4.64. The smallest absolute Gasteiger partial charge is 0.304 e. The van der Waals surface area contributed by atoms with Crippen molar-refractivity contribution in [3.8, 4) is 11.1 Å². The van der Waals surface area contributed by atoms with E-state index in [0.717, 1.165) is 27.8 Å². The monoisotopic (exact) mass is 286 g/mol. The van der Waals surface area contributed by atoms with E-state index in [-0.39, 0.29) is 12.3 Å². The summed E-state index contributed by atoms with van der Waals surface area (Å²) in [5.41, 5.74) is 6.54. The zero-order valence-electron chi connectivity index (χ0n) is 11.4. The molecule has 1 N–H and O–H groups in total. The van der Waals surface area contributed by atoms with Crippen molar-refractivity contribution in [2.24, 2.45) is 0 Å². The maximum Gasteiger partial charge on any atom is 0.304 e. The fourth-order valence-electron chi connectivity index (χ4n) is 3.31. The number of halogens is 1. The van der Waals surface area contributed by atoms with Crippen LogP contribution in [0.3, 0.4) is 0 Å². The van der Waals surface area contributed by atoms with Crippen LogP contribution in [0, 0.1) is 13.8 Å². The van der Waals surface area contributed by atoms with Crippen LogP contribution in [0.15, 0.2) is 30.3 Å². The highest BCUT2D eigenvalue weighted by molar-refractivity contribution is 6.33. The van der Waals surface area contributed by atoms with Gasteiger partial charge in [-0.15, -0.1) is 0 Å². The van der Waals surface area contributed by atoms with Crippen LogP contribution in [-0.2, 0) is 4.79 Å². The number of hydrogen-bond acceptors (Lipinski definition) is 1. The van der Waals surface area contributed by atoms with Gasteiger partial charge in [0.2, 0.25) is 0 Å². The Morgan fingerprint density at radius 1 is 1.30 bits per heavy atom. The van der Waals surface area contributed by atoms with Gasteiger partial charge in [-0.2, -0.15) is 0 Å². The van der Waals surface area contributed by atoms with E-state index in [1.807, 2.05) is 32.0 Å². The molecule has 0 radical (unpaired) electrons. The third-order valence-electron chi connectivity index (χ3n) is 3.95. The second-order valence-electron chi connectivity index (χ2n) is 5.40. The number of hydrogen-bond donors (Lipinski definition) is 1. The van der Waals surface area contributed by atoms with Gasteiger partial charge < -0.3 is 5.11 Å². The predicted molar refractivity (Wildman–Crippen MR) is 80.5 cm³/mol. The van der Waals surface area contributed by atoms with Gasteiger partial charge >= 0.3 is 5.97 Å². The van der Waals surface area contributed by atoms with Crippen LogP contribution in [0.1, 0.15) is 34.6 Å². The number of rotatable bonds is 2. The van der Waals surface area contributed by atoms with E-state index in [4.69, 9.17) is 11.6 Å². The molecular formula is C17H15ClO2. The van der Waals surface area contributed by atoms with Crippen LogP contribution in [0.4, 0.5) is 0 Å². The minimum absolute atomic E-state index is 0.100. The maximum atomic E-state index is 11.2. The number of aliphatic carboxylic acids is 1. The number of carbonyl (C=O) groups is 1. The molecule has 0 fully saturated rings. The van der Waals surface area contributed by atoms with Crippen molar-refractivity contribution in [2.75, 3.05) is 0 Å². The van der Waals surface area contributed by atoms with Gasteiger partial charge in [0.1, 0.15) is 0 Å². The van der Waals surface area contributed by atoms with Crippen molar-refractivity contribution >= 4 is 17.6 Å². The molecule has 2 nitrogen and oxygen atoms in total. The fraction of sp³-hybridized carbons (Fsp3) is 0.235. The highest BCUT2D eigenvalue weighted by atomic mass is 35.5. The first-order valence-electron chi connectivity index (χ1n) is 6.60. The van der Waals surface area contributed by atoms with E-state index < -0.39 is 5.97 Å². The summed E-state index contributed by atoms with van der Waals surface area (Å²) in [5, 5.41) is 9.90. The lowest BCUT2D eigenvalue weighted by Crippen LogP contribution is -2.06. The Morgan fingerprint density at radius 3 is 2.75 bits per heavy atom. The Hall–Kier alpha value is -1.80. The number of aryl methyl sites for hydroxylation is 2. The van der Waals surface area contributed by atoms with Crippen molar-refractivity contribution in [3.63, 3.8) is 0 Å². The van der Waals surface area contributed by atoms with Crippen LogP contribution in [0.5, 0.6) is 0 Å². The van der Waals surface area contributed by atoms with E-state index in [2.05, 4.69) is 12.1 Å². The Labute approximate surface area is 123 Å². The third kappa shape index (κ3) is 1.92. The molecule has 0 aliphatic heterocycles. The molecular weight excluding hydrogens is 272 g/mol. The van der Waals surface area contributed by atoms with E-state index >= 15 is 0 Å². The Kier molecular flexibility index (Phi) is 3.06. The molecule has 3 rings (SSSR count). The van der Waals surface area contributed by atoms with Crippen molar-refractivity contribution in [1.82, 2.24) is 0 Å². The highest BCUT2D eigenvalue weighted by Crippen LogP contribution is 2.50. The topological polar surface area (TPSA) is 37.3 Å². The summed E-state index contributed by atoms with van der Waals surface area (Å²) >= 11 is 6.36. The van der Waals surface area contributed by atoms with Crippen LogP contribution >= 0.6 is 11.6 Å². The molecule has 1 unspecified atom stereocenters. The van der Waals surface area contributed by atoms with Crippen molar-refractivity contribution in [2.45, 2.75) is 26.2 Å². The summed E-state index contributed by atoms with van der Waals surface area (Å²) < 4.78 is 0. The van der Waals surface area contributed by atoms with Crippen molar-refractivity contribution in [1.29, 1.82) is 0 Å². The van der Waals surface area contributed by atoms with Crippen LogP contribution < -0.4 is 0 Å². The SMILES string of the molecule is Cc1cc(C)c2c(c1)-c1c(Cl)cccc1C2CC(=O)O. The maximum absolute atomic E-state index is 11.2. The summed E-state index contributed by atoms with van der Waals surface area (Å²) in [4.78, 5) is 11.2. The van der Waals surface area contributed by atoms with Gasteiger partial charge in [-0.05, 0) is 42.2 Å². The van der Waals surface area contributed by atoms with Crippen LogP contribution in [0.2, 0.25) is 5.02 Å². The number of benzene rings is 2. The Morgan fingerprint density at radius 2 is 2.05 bits per heavy atom. The largest absolute Gasteiger partial charge is 0.481 e. The lowest BCUT2D eigenvalue weighted by Gasteiger charge is -2.13. The average molecular weight is 287 g/mol. The summed E-state index contributed by atoms with van der Waals surface area (Å²) in [6, 6.07) is 9.96. The van der Waals surface area contributed by atoms with Gasteiger partial charge in [-0.25, -0.2) is 0 Å². The molecule has 0 saturated carbocycles. The Bertz CT molecular complexity index is 719.